The van der Waals surface area contributed by atoms with Gasteiger partial charge in [0.1, 0.15) is 5.82 Å². The molecule has 3 rings (SSSR count). The number of nitrogens with one attached hydrogen (secondary N) is 1. The van der Waals surface area contributed by atoms with Crippen molar-refractivity contribution in [3.8, 4) is 0 Å². The predicted octanol–water partition coefficient (Wildman–Crippen LogP) is 3.43. The summed E-state index contributed by atoms with van der Waals surface area (Å²) in [6.07, 6.45) is 5.43. The van der Waals surface area contributed by atoms with E-state index in [4.69, 9.17) is 0 Å². The monoisotopic (exact) mass is 205 g/mol. The first-order valence-corrected chi connectivity index (χ1v) is 5.83. The molecule has 2 aliphatic carbocycles. The van der Waals surface area contributed by atoms with E-state index in [9.17, 15) is 4.39 Å². The van der Waals surface area contributed by atoms with Gasteiger partial charge in [-0.1, -0.05) is 12.5 Å². The van der Waals surface area contributed by atoms with E-state index < -0.39 is 0 Å². The Morgan fingerprint density at radius 2 is 2.13 bits per heavy atom. The van der Waals surface area contributed by atoms with Gasteiger partial charge in [-0.3, -0.25) is 0 Å². The van der Waals surface area contributed by atoms with Crippen LogP contribution in [0.3, 0.4) is 0 Å². The number of fused-ring (bicyclic) bond motifs is 2. The van der Waals surface area contributed by atoms with Gasteiger partial charge in [0.05, 0.1) is 0 Å². The molecular formula is C13H16FN. The molecule has 1 aromatic carbocycles. The summed E-state index contributed by atoms with van der Waals surface area (Å²) >= 11 is 0. The molecule has 3 atom stereocenters. The lowest BCUT2D eigenvalue weighted by atomic mass is 9.95. The van der Waals surface area contributed by atoms with Crippen molar-refractivity contribution in [3.63, 3.8) is 0 Å². The Hall–Kier alpha value is -1.05. The largest absolute Gasteiger partial charge is 0.382 e. The first kappa shape index (κ1) is 9.20. The number of halogens is 1. The first-order chi connectivity index (χ1) is 7.31. The lowest BCUT2D eigenvalue weighted by molar-refractivity contribution is 0.439. The SMILES string of the molecule is Fc1cccc(N[C@@H]2C[C@H]3CC[C@@H]2C3)c1. The molecular weight excluding hydrogens is 189 g/mol. The molecule has 0 saturated heterocycles. The Bertz CT molecular complexity index is 363. The highest BCUT2D eigenvalue weighted by molar-refractivity contribution is 5.44. The van der Waals surface area contributed by atoms with Crippen LogP contribution < -0.4 is 5.32 Å². The van der Waals surface area contributed by atoms with E-state index in [0.717, 1.165) is 17.5 Å². The van der Waals surface area contributed by atoms with Gasteiger partial charge in [0.15, 0.2) is 0 Å². The summed E-state index contributed by atoms with van der Waals surface area (Å²) in [5.41, 5.74) is 0.938. The third kappa shape index (κ3) is 1.73. The van der Waals surface area contributed by atoms with E-state index in [1.165, 1.54) is 31.7 Å². The Balaban J connectivity index is 1.71. The second-order valence-corrected chi connectivity index (χ2v) is 4.94. The van der Waals surface area contributed by atoms with Crippen molar-refractivity contribution in [2.45, 2.75) is 31.7 Å². The molecule has 0 unspecified atom stereocenters. The van der Waals surface area contributed by atoms with Crippen molar-refractivity contribution in [1.29, 1.82) is 0 Å². The maximum atomic E-state index is 13.0. The molecule has 1 aromatic rings. The van der Waals surface area contributed by atoms with Crippen molar-refractivity contribution in [1.82, 2.24) is 0 Å². The standard InChI is InChI=1S/C13H16FN/c14-11-2-1-3-12(8-11)15-13-7-9-4-5-10(13)6-9/h1-3,8-10,13,15H,4-7H2/t9-,10+,13+/m0/s1. The fraction of sp³-hybridized carbons (Fsp3) is 0.538. The van der Waals surface area contributed by atoms with E-state index >= 15 is 0 Å². The fourth-order valence-corrected chi connectivity index (χ4v) is 3.21. The second-order valence-electron chi connectivity index (χ2n) is 4.94. The summed E-state index contributed by atoms with van der Waals surface area (Å²) in [5, 5.41) is 3.47. The summed E-state index contributed by atoms with van der Waals surface area (Å²) in [7, 11) is 0. The van der Waals surface area contributed by atoms with Gasteiger partial charge >= 0.3 is 0 Å². The van der Waals surface area contributed by atoms with Crippen LogP contribution in [-0.4, -0.2) is 6.04 Å². The Labute approximate surface area is 89.7 Å². The summed E-state index contributed by atoms with van der Waals surface area (Å²) in [4.78, 5) is 0. The van der Waals surface area contributed by atoms with Crippen LogP contribution in [0.5, 0.6) is 0 Å². The van der Waals surface area contributed by atoms with Crippen molar-refractivity contribution < 1.29 is 4.39 Å². The maximum absolute atomic E-state index is 13.0. The molecule has 80 valence electrons. The van der Waals surface area contributed by atoms with Crippen molar-refractivity contribution in [3.05, 3.63) is 30.1 Å². The average Bonchev–Trinajstić information content (AvgIpc) is 2.79. The Kier molecular flexibility index (Phi) is 2.15. The predicted molar refractivity (Wildman–Crippen MR) is 59.3 cm³/mol. The minimum atomic E-state index is -0.150. The molecule has 15 heavy (non-hydrogen) atoms. The highest BCUT2D eigenvalue weighted by Gasteiger charge is 2.39. The lowest BCUT2D eigenvalue weighted by Gasteiger charge is -2.23. The van der Waals surface area contributed by atoms with Crippen LogP contribution >= 0.6 is 0 Å². The summed E-state index contributed by atoms with van der Waals surface area (Å²) < 4.78 is 13.0. The third-order valence-electron chi connectivity index (χ3n) is 3.91. The Morgan fingerprint density at radius 3 is 2.80 bits per heavy atom. The van der Waals surface area contributed by atoms with Gasteiger partial charge in [-0.05, 0) is 49.3 Å². The smallest absolute Gasteiger partial charge is 0.125 e. The van der Waals surface area contributed by atoms with Gasteiger partial charge in [0, 0.05) is 11.7 Å². The number of rotatable bonds is 2. The molecule has 0 heterocycles. The van der Waals surface area contributed by atoms with Gasteiger partial charge in [0.25, 0.3) is 0 Å². The Morgan fingerprint density at radius 1 is 1.20 bits per heavy atom. The summed E-state index contributed by atoms with van der Waals surface area (Å²) in [6.45, 7) is 0. The molecule has 0 radical (unpaired) electrons. The normalized spacial score (nSPS) is 33.3. The van der Waals surface area contributed by atoms with E-state index in [1.807, 2.05) is 6.07 Å². The van der Waals surface area contributed by atoms with Crippen molar-refractivity contribution in [2.24, 2.45) is 11.8 Å². The molecule has 0 spiro atoms. The number of benzene rings is 1. The lowest BCUT2D eigenvalue weighted by Crippen LogP contribution is -2.25. The van der Waals surface area contributed by atoms with E-state index in [2.05, 4.69) is 5.32 Å². The zero-order chi connectivity index (χ0) is 10.3. The maximum Gasteiger partial charge on any atom is 0.125 e. The highest BCUT2D eigenvalue weighted by atomic mass is 19.1. The second kappa shape index (κ2) is 3.51. The zero-order valence-electron chi connectivity index (χ0n) is 8.75. The van der Waals surface area contributed by atoms with Crippen molar-refractivity contribution >= 4 is 5.69 Å². The molecule has 2 bridgehead atoms. The van der Waals surface area contributed by atoms with Crippen LogP contribution in [0.15, 0.2) is 24.3 Å². The first-order valence-electron chi connectivity index (χ1n) is 5.83. The van der Waals surface area contributed by atoms with Crippen LogP contribution in [0.4, 0.5) is 10.1 Å². The number of hydrogen-bond donors (Lipinski definition) is 1. The summed E-state index contributed by atoms with van der Waals surface area (Å²) in [5.74, 6) is 1.61. The minimum Gasteiger partial charge on any atom is -0.382 e. The molecule has 2 fully saturated rings. The molecule has 2 saturated carbocycles. The van der Waals surface area contributed by atoms with Gasteiger partial charge in [-0.15, -0.1) is 0 Å². The van der Waals surface area contributed by atoms with Gasteiger partial charge < -0.3 is 5.32 Å². The number of anilines is 1. The molecule has 1 nitrogen and oxygen atoms in total. The molecule has 2 aliphatic rings. The molecule has 0 aromatic heterocycles. The number of hydrogen-bond acceptors (Lipinski definition) is 1. The average molecular weight is 205 g/mol. The van der Waals surface area contributed by atoms with E-state index in [1.54, 1.807) is 12.1 Å². The van der Waals surface area contributed by atoms with Crippen LogP contribution in [0.1, 0.15) is 25.7 Å². The fourth-order valence-electron chi connectivity index (χ4n) is 3.21. The van der Waals surface area contributed by atoms with Gasteiger partial charge in [-0.2, -0.15) is 0 Å². The van der Waals surface area contributed by atoms with Crippen LogP contribution in [0.2, 0.25) is 0 Å². The van der Waals surface area contributed by atoms with E-state index in [-0.39, 0.29) is 5.82 Å². The van der Waals surface area contributed by atoms with Gasteiger partial charge in [-0.25, -0.2) is 4.39 Å². The van der Waals surface area contributed by atoms with Crippen LogP contribution in [-0.2, 0) is 0 Å². The highest BCUT2D eigenvalue weighted by Crippen LogP contribution is 2.45. The third-order valence-corrected chi connectivity index (χ3v) is 3.91. The molecule has 1 N–H and O–H groups in total. The van der Waals surface area contributed by atoms with Crippen LogP contribution in [0, 0.1) is 17.7 Å². The van der Waals surface area contributed by atoms with Gasteiger partial charge in [0.2, 0.25) is 0 Å². The molecule has 0 amide bonds. The summed E-state index contributed by atoms with van der Waals surface area (Å²) in [6, 6.07) is 7.39. The van der Waals surface area contributed by atoms with E-state index in [0.29, 0.717) is 6.04 Å². The van der Waals surface area contributed by atoms with Crippen LogP contribution in [0.25, 0.3) is 0 Å². The quantitative estimate of drug-likeness (QED) is 0.780. The minimum absolute atomic E-state index is 0.150. The van der Waals surface area contributed by atoms with Crippen molar-refractivity contribution in [2.75, 3.05) is 5.32 Å². The molecule has 0 aliphatic heterocycles. The topological polar surface area (TPSA) is 12.0 Å². The zero-order valence-corrected chi connectivity index (χ0v) is 8.75. The molecule has 2 heteroatoms.